The maximum absolute atomic E-state index is 5.12. The van der Waals surface area contributed by atoms with E-state index in [0.717, 1.165) is 36.5 Å². The number of H-pyrrole nitrogens is 1. The van der Waals surface area contributed by atoms with Crippen molar-refractivity contribution in [3.63, 3.8) is 0 Å². The van der Waals surface area contributed by atoms with E-state index in [4.69, 9.17) is 4.74 Å². The molecule has 0 bridgehead atoms. The lowest BCUT2D eigenvalue weighted by molar-refractivity contribution is 0.204. The molecule has 0 atom stereocenters. The van der Waals surface area contributed by atoms with Gasteiger partial charge in [-0.3, -0.25) is 4.90 Å². The predicted octanol–water partition coefficient (Wildman–Crippen LogP) is 3.65. The fourth-order valence-electron chi connectivity index (χ4n) is 3.72. The Morgan fingerprint density at radius 2 is 2.04 bits per heavy atom. The molecule has 1 N–H and O–H groups in total. The molecule has 0 radical (unpaired) electrons. The van der Waals surface area contributed by atoms with Crippen molar-refractivity contribution in [2.24, 2.45) is 0 Å². The molecule has 1 aliphatic rings. The number of fused-ring (bicyclic) bond motifs is 1. The Balaban J connectivity index is 1.38. The van der Waals surface area contributed by atoms with Crippen LogP contribution in [-0.4, -0.2) is 40.1 Å². The number of benzene rings is 1. The second kappa shape index (κ2) is 6.84. The van der Waals surface area contributed by atoms with Gasteiger partial charge >= 0.3 is 0 Å². The minimum Gasteiger partial charge on any atom is -0.481 e. The first-order valence-electron chi connectivity index (χ1n) is 8.89. The zero-order valence-corrected chi connectivity index (χ0v) is 14.8. The Bertz CT molecular complexity index is 848. The van der Waals surface area contributed by atoms with Crippen molar-refractivity contribution in [1.82, 2.24) is 19.9 Å². The average Bonchev–Trinajstić information content (AvgIpc) is 3.02. The number of methoxy groups -OCH3 is 1. The van der Waals surface area contributed by atoms with Crippen molar-refractivity contribution in [3.05, 3.63) is 53.5 Å². The van der Waals surface area contributed by atoms with Gasteiger partial charge in [-0.05, 0) is 62.0 Å². The summed E-state index contributed by atoms with van der Waals surface area (Å²) >= 11 is 0. The molecule has 1 aromatic carbocycles. The first kappa shape index (κ1) is 16.1. The fourth-order valence-corrected chi connectivity index (χ4v) is 3.72. The van der Waals surface area contributed by atoms with Crippen LogP contribution in [0.15, 0.2) is 36.5 Å². The van der Waals surface area contributed by atoms with Gasteiger partial charge in [0.25, 0.3) is 0 Å². The molecule has 2 aromatic heterocycles. The molecular formula is C20H24N4O. The predicted molar refractivity (Wildman–Crippen MR) is 98.9 cm³/mol. The number of piperidine rings is 1. The Morgan fingerprint density at radius 1 is 1.20 bits per heavy atom. The van der Waals surface area contributed by atoms with Crippen LogP contribution in [0.25, 0.3) is 11.0 Å². The van der Waals surface area contributed by atoms with E-state index >= 15 is 0 Å². The molecule has 1 saturated heterocycles. The number of likely N-dealkylation sites (tertiary alicyclic amines) is 1. The minimum atomic E-state index is 0.637. The zero-order chi connectivity index (χ0) is 17.2. The first-order chi connectivity index (χ1) is 12.2. The molecule has 0 saturated carbocycles. The monoisotopic (exact) mass is 336 g/mol. The quantitative estimate of drug-likeness (QED) is 0.790. The third kappa shape index (κ3) is 3.51. The van der Waals surface area contributed by atoms with Crippen LogP contribution in [0.1, 0.15) is 35.7 Å². The lowest BCUT2D eigenvalue weighted by Gasteiger charge is -2.32. The van der Waals surface area contributed by atoms with E-state index in [9.17, 15) is 0 Å². The van der Waals surface area contributed by atoms with Crippen LogP contribution in [0.2, 0.25) is 0 Å². The maximum atomic E-state index is 5.12. The molecule has 4 rings (SSSR count). The van der Waals surface area contributed by atoms with Crippen molar-refractivity contribution in [3.8, 4) is 5.88 Å². The molecule has 130 valence electrons. The van der Waals surface area contributed by atoms with Gasteiger partial charge in [0.05, 0.1) is 18.1 Å². The summed E-state index contributed by atoms with van der Waals surface area (Å²) in [6, 6.07) is 10.7. The topological polar surface area (TPSA) is 54.0 Å². The molecule has 0 spiro atoms. The maximum Gasteiger partial charge on any atom is 0.212 e. The van der Waals surface area contributed by atoms with Crippen LogP contribution in [0.4, 0.5) is 0 Å². The van der Waals surface area contributed by atoms with E-state index in [-0.39, 0.29) is 0 Å². The summed E-state index contributed by atoms with van der Waals surface area (Å²) in [5.41, 5.74) is 4.89. The van der Waals surface area contributed by atoms with Gasteiger partial charge in [0.1, 0.15) is 5.82 Å². The largest absolute Gasteiger partial charge is 0.481 e. The van der Waals surface area contributed by atoms with Crippen LogP contribution >= 0.6 is 0 Å². The number of pyridine rings is 1. The highest BCUT2D eigenvalue weighted by Gasteiger charge is 2.21. The van der Waals surface area contributed by atoms with Crippen molar-refractivity contribution >= 4 is 11.0 Å². The summed E-state index contributed by atoms with van der Waals surface area (Å²) in [4.78, 5) is 14.7. The number of aryl methyl sites for hydroxylation is 1. The SMILES string of the molecule is COc1ccc(CN2CCC(c3ccc4nc(C)[nH]c4c3)CC2)cn1. The number of nitrogens with one attached hydrogen (secondary N) is 1. The van der Waals surface area contributed by atoms with Crippen molar-refractivity contribution < 1.29 is 4.74 Å². The summed E-state index contributed by atoms with van der Waals surface area (Å²) in [5.74, 6) is 2.29. The van der Waals surface area contributed by atoms with Crippen molar-refractivity contribution in [2.45, 2.75) is 32.2 Å². The highest BCUT2D eigenvalue weighted by atomic mass is 16.5. The number of hydrogen-bond acceptors (Lipinski definition) is 4. The molecule has 3 aromatic rings. The number of hydrogen-bond donors (Lipinski definition) is 1. The molecule has 0 aliphatic carbocycles. The smallest absolute Gasteiger partial charge is 0.212 e. The minimum absolute atomic E-state index is 0.637. The van der Waals surface area contributed by atoms with Gasteiger partial charge in [0.2, 0.25) is 5.88 Å². The van der Waals surface area contributed by atoms with E-state index in [1.165, 1.54) is 24.0 Å². The summed E-state index contributed by atoms with van der Waals surface area (Å²) < 4.78 is 5.12. The van der Waals surface area contributed by atoms with E-state index in [1.54, 1.807) is 7.11 Å². The second-order valence-electron chi connectivity index (χ2n) is 6.86. The molecule has 1 fully saturated rings. The number of aromatic nitrogens is 3. The van der Waals surface area contributed by atoms with Crippen LogP contribution < -0.4 is 4.74 Å². The second-order valence-corrected chi connectivity index (χ2v) is 6.86. The van der Waals surface area contributed by atoms with Gasteiger partial charge in [-0.2, -0.15) is 0 Å². The highest BCUT2D eigenvalue weighted by Crippen LogP contribution is 2.30. The lowest BCUT2D eigenvalue weighted by atomic mass is 9.89. The summed E-state index contributed by atoms with van der Waals surface area (Å²) in [6.45, 7) is 5.21. The number of imidazole rings is 1. The number of rotatable bonds is 4. The number of aromatic amines is 1. The van der Waals surface area contributed by atoms with Gasteiger partial charge in [-0.15, -0.1) is 0 Å². The summed E-state index contributed by atoms with van der Waals surface area (Å²) in [7, 11) is 1.65. The number of nitrogens with zero attached hydrogens (tertiary/aromatic N) is 3. The molecule has 5 nitrogen and oxygen atoms in total. The van der Waals surface area contributed by atoms with E-state index in [0.29, 0.717) is 11.8 Å². The van der Waals surface area contributed by atoms with Crippen molar-refractivity contribution in [1.29, 1.82) is 0 Å². The first-order valence-corrected chi connectivity index (χ1v) is 8.89. The Morgan fingerprint density at radius 3 is 2.76 bits per heavy atom. The summed E-state index contributed by atoms with van der Waals surface area (Å²) in [5, 5.41) is 0. The Labute approximate surface area is 148 Å². The Kier molecular flexibility index (Phi) is 4.40. The number of ether oxygens (including phenoxy) is 1. The lowest BCUT2D eigenvalue weighted by Crippen LogP contribution is -2.32. The molecule has 5 heteroatoms. The molecule has 0 amide bonds. The van der Waals surface area contributed by atoms with Crippen LogP contribution in [0.5, 0.6) is 5.88 Å². The van der Waals surface area contributed by atoms with E-state index in [1.807, 2.05) is 19.2 Å². The molecule has 3 heterocycles. The molecule has 0 unspecified atom stereocenters. The molecule has 25 heavy (non-hydrogen) atoms. The Hall–Kier alpha value is -2.40. The van der Waals surface area contributed by atoms with Crippen LogP contribution in [0.3, 0.4) is 0 Å². The van der Waals surface area contributed by atoms with Crippen LogP contribution in [0, 0.1) is 6.92 Å². The summed E-state index contributed by atoms with van der Waals surface area (Å²) in [6.07, 6.45) is 4.31. The zero-order valence-electron chi connectivity index (χ0n) is 14.8. The molecule has 1 aliphatic heterocycles. The van der Waals surface area contributed by atoms with Gasteiger partial charge in [-0.1, -0.05) is 12.1 Å². The van der Waals surface area contributed by atoms with Gasteiger partial charge < -0.3 is 9.72 Å². The standard InChI is InChI=1S/C20H24N4O/c1-14-22-18-5-4-17(11-19(18)23-14)16-7-9-24(10-8-16)13-15-3-6-20(25-2)21-12-15/h3-6,11-12,16H,7-10,13H2,1-2H3,(H,22,23). The third-order valence-electron chi connectivity index (χ3n) is 5.10. The van der Waals surface area contributed by atoms with Gasteiger partial charge in [0, 0.05) is 18.8 Å². The van der Waals surface area contributed by atoms with Gasteiger partial charge in [0.15, 0.2) is 0 Å². The highest BCUT2D eigenvalue weighted by molar-refractivity contribution is 5.76. The van der Waals surface area contributed by atoms with E-state index < -0.39 is 0 Å². The molecular weight excluding hydrogens is 312 g/mol. The van der Waals surface area contributed by atoms with Crippen LogP contribution in [-0.2, 0) is 6.54 Å². The van der Waals surface area contributed by atoms with Gasteiger partial charge in [-0.25, -0.2) is 9.97 Å². The van der Waals surface area contributed by atoms with Crippen molar-refractivity contribution in [2.75, 3.05) is 20.2 Å². The third-order valence-corrected chi connectivity index (χ3v) is 5.10. The normalized spacial score (nSPS) is 16.4. The van der Waals surface area contributed by atoms with E-state index in [2.05, 4.69) is 44.1 Å². The fraction of sp³-hybridized carbons (Fsp3) is 0.400. The average molecular weight is 336 g/mol.